The van der Waals surface area contributed by atoms with E-state index in [2.05, 4.69) is 0 Å². The minimum Gasteiger partial charge on any atom is -0.397 e. The van der Waals surface area contributed by atoms with Gasteiger partial charge in [-0.1, -0.05) is 48.0 Å². The molecule has 2 rings (SSSR count). The van der Waals surface area contributed by atoms with E-state index in [0.29, 0.717) is 22.8 Å². The quantitative estimate of drug-likeness (QED) is 0.874. The van der Waals surface area contributed by atoms with Crippen LogP contribution in [-0.4, -0.2) is 17.9 Å². The maximum absolute atomic E-state index is 12.3. The summed E-state index contributed by atoms with van der Waals surface area (Å²) < 4.78 is 0. The Balaban J connectivity index is 2.18. The van der Waals surface area contributed by atoms with Crippen LogP contribution in [0.5, 0.6) is 0 Å². The lowest BCUT2D eigenvalue weighted by atomic mass is 10.1. The summed E-state index contributed by atoms with van der Waals surface area (Å²) >= 11 is 5.93. The predicted molar refractivity (Wildman–Crippen MR) is 78.1 cm³/mol. The van der Waals surface area contributed by atoms with E-state index in [9.17, 15) is 4.79 Å². The van der Waals surface area contributed by atoms with Crippen molar-refractivity contribution in [2.24, 2.45) is 0 Å². The molecule has 0 aliphatic heterocycles. The molecule has 1 amide bonds. The number of hydrogen-bond donors (Lipinski definition) is 1. The Morgan fingerprint density at radius 1 is 1.16 bits per heavy atom. The fourth-order valence-electron chi connectivity index (χ4n) is 1.86. The zero-order chi connectivity index (χ0) is 13.8. The number of anilines is 1. The van der Waals surface area contributed by atoms with Gasteiger partial charge in [-0.25, -0.2) is 0 Å². The van der Waals surface area contributed by atoms with Gasteiger partial charge in [-0.05, 0) is 17.7 Å². The zero-order valence-electron chi connectivity index (χ0n) is 10.6. The molecule has 98 valence electrons. The number of nitrogens with zero attached hydrogens (tertiary/aromatic N) is 1. The van der Waals surface area contributed by atoms with Crippen LogP contribution in [0.4, 0.5) is 5.69 Å². The van der Waals surface area contributed by atoms with Crippen molar-refractivity contribution in [1.82, 2.24) is 4.90 Å². The number of rotatable bonds is 3. The molecule has 0 spiro atoms. The zero-order valence-corrected chi connectivity index (χ0v) is 11.4. The SMILES string of the molecule is CN(Cc1ccccc1)C(=O)c1cccc(Cl)c1N. The Labute approximate surface area is 117 Å². The lowest BCUT2D eigenvalue weighted by Crippen LogP contribution is -2.27. The molecule has 0 bridgehead atoms. The van der Waals surface area contributed by atoms with Crippen LogP contribution in [0.15, 0.2) is 48.5 Å². The van der Waals surface area contributed by atoms with Crippen LogP contribution in [-0.2, 0) is 6.54 Å². The molecular weight excluding hydrogens is 260 g/mol. The Morgan fingerprint density at radius 3 is 2.53 bits per heavy atom. The molecule has 19 heavy (non-hydrogen) atoms. The summed E-state index contributed by atoms with van der Waals surface area (Å²) in [5, 5.41) is 0.402. The summed E-state index contributed by atoms with van der Waals surface area (Å²) in [4.78, 5) is 13.9. The van der Waals surface area contributed by atoms with E-state index in [-0.39, 0.29) is 5.91 Å². The molecule has 2 aromatic carbocycles. The maximum Gasteiger partial charge on any atom is 0.256 e. The van der Waals surface area contributed by atoms with Crippen LogP contribution in [0.2, 0.25) is 5.02 Å². The number of nitrogens with two attached hydrogens (primary N) is 1. The summed E-state index contributed by atoms with van der Waals surface area (Å²) in [5.74, 6) is -0.135. The Morgan fingerprint density at radius 2 is 1.84 bits per heavy atom. The van der Waals surface area contributed by atoms with E-state index in [1.807, 2.05) is 30.3 Å². The third-order valence-corrected chi connectivity index (χ3v) is 3.22. The summed E-state index contributed by atoms with van der Waals surface area (Å²) in [5.41, 5.74) is 7.67. The fourth-order valence-corrected chi connectivity index (χ4v) is 2.03. The summed E-state index contributed by atoms with van der Waals surface area (Å²) in [7, 11) is 1.75. The molecule has 2 aromatic rings. The monoisotopic (exact) mass is 274 g/mol. The van der Waals surface area contributed by atoms with Gasteiger partial charge in [0.25, 0.3) is 5.91 Å². The van der Waals surface area contributed by atoms with E-state index in [4.69, 9.17) is 17.3 Å². The van der Waals surface area contributed by atoms with Crippen molar-refractivity contribution in [2.75, 3.05) is 12.8 Å². The lowest BCUT2D eigenvalue weighted by molar-refractivity contribution is 0.0786. The second kappa shape index (κ2) is 5.76. The van der Waals surface area contributed by atoms with E-state index in [1.165, 1.54) is 0 Å². The molecule has 0 aliphatic rings. The first-order valence-corrected chi connectivity index (χ1v) is 6.31. The summed E-state index contributed by atoms with van der Waals surface area (Å²) in [6.45, 7) is 0.533. The van der Waals surface area contributed by atoms with Gasteiger partial charge in [0.2, 0.25) is 0 Å². The van der Waals surface area contributed by atoms with Crippen LogP contribution >= 0.6 is 11.6 Å². The smallest absolute Gasteiger partial charge is 0.256 e. The molecule has 3 nitrogen and oxygen atoms in total. The number of hydrogen-bond acceptors (Lipinski definition) is 2. The first-order valence-electron chi connectivity index (χ1n) is 5.93. The van der Waals surface area contributed by atoms with Gasteiger partial charge >= 0.3 is 0 Å². The summed E-state index contributed by atoms with van der Waals surface area (Å²) in [6.07, 6.45) is 0. The van der Waals surface area contributed by atoms with Crippen molar-refractivity contribution >= 4 is 23.2 Å². The molecule has 0 saturated heterocycles. The van der Waals surface area contributed by atoms with Crippen molar-refractivity contribution in [3.05, 3.63) is 64.7 Å². The van der Waals surface area contributed by atoms with Gasteiger partial charge in [-0.3, -0.25) is 4.79 Å². The number of halogens is 1. The van der Waals surface area contributed by atoms with Gasteiger partial charge in [0.1, 0.15) is 0 Å². The van der Waals surface area contributed by atoms with Gasteiger partial charge in [-0.15, -0.1) is 0 Å². The largest absolute Gasteiger partial charge is 0.397 e. The van der Waals surface area contributed by atoms with Crippen molar-refractivity contribution in [1.29, 1.82) is 0 Å². The van der Waals surface area contributed by atoms with Crippen LogP contribution < -0.4 is 5.73 Å². The molecule has 0 aliphatic carbocycles. The molecule has 0 saturated carbocycles. The van der Waals surface area contributed by atoms with Crippen molar-refractivity contribution in [3.63, 3.8) is 0 Å². The number of carbonyl (C=O) groups excluding carboxylic acids is 1. The van der Waals surface area contributed by atoms with Gasteiger partial charge in [0.15, 0.2) is 0 Å². The first kappa shape index (κ1) is 13.4. The molecule has 0 fully saturated rings. The second-order valence-electron chi connectivity index (χ2n) is 4.35. The van der Waals surface area contributed by atoms with Gasteiger partial charge < -0.3 is 10.6 Å². The average Bonchev–Trinajstić information content (AvgIpc) is 2.42. The highest BCUT2D eigenvalue weighted by Gasteiger charge is 2.16. The highest BCUT2D eigenvalue weighted by Crippen LogP contribution is 2.23. The van der Waals surface area contributed by atoms with Crippen LogP contribution in [0.25, 0.3) is 0 Å². The van der Waals surface area contributed by atoms with Crippen LogP contribution in [0.3, 0.4) is 0 Å². The highest BCUT2D eigenvalue weighted by atomic mass is 35.5. The summed E-state index contributed by atoms with van der Waals surface area (Å²) in [6, 6.07) is 14.9. The molecule has 0 aromatic heterocycles. The minimum absolute atomic E-state index is 0.135. The van der Waals surface area contributed by atoms with Crippen molar-refractivity contribution in [3.8, 4) is 0 Å². The minimum atomic E-state index is -0.135. The Kier molecular flexibility index (Phi) is 4.07. The van der Waals surface area contributed by atoms with E-state index in [1.54, 1.807) is 30.1 Å². The van der Waals surface area contributed by atoms with Gasteiger partial charge in [0.05, 0.1) is 16.3 Å². The molecule has 0 unspecified atom stereocenters. The van der Waals surface area contributed by atoms with Crippen molar-refractivity contribution < 1.29 is 4.79 Å². The van der Waals surface area contributed by atoms with Gasteiger partial charge in [-0.2, -0.15) is 0 Å². The van der Waals surface area contributed by atoms with E-state index < -0.39 is 0 Å². The third-order valence-electron chi connectivity index (χ3n) is 2.89. The first-order chi connectivity index (χ1) is 9.09. The average molecular weight is 275 g/mol. The van der Waals surface area contributed by atoms with E-state index in [0.717, 1.165) is 5.56 Å². The van der Waals surface area contributed by atoms with Crippen molar-refractivity contribution in [2.45, 2.75) is 6.54 Å². The predicted octanol–water partition coefficient (Wildman–Crippen LogP) is 3.19. The fraction of sp³-hybridized carbons (Fsp3) is 0.133. The maximum atomic E-state index is 12.3. The molecule has 4 heteroatoms. The standard InChI is InChI=1S/C15H15ClN2O/c1-18(10-11-6-3-2-4-7-11)15(19)12-8-5-9-13(16)14(12)17/h2-9H,10,17H2,1H3. The van der Waals surface area contributed by atoms with E-state index >= 15 is 0 Å². The highest BCUT2D eigenvalue weighted by molar-refractivity contribution is 6.33. The number of carbonyl (C=O) groups is 1. The van der Waals surface area contributed by atoms with Gasteiger partial charge in [0, 0.05) is 13.6 Å². The topological polar surface area (TPSA) is 46.3 Å². The molecular formula is C15H15ClN2O. The number of para-hydroxylation sites is 1. The Bertz CT molecular complexity index is 584. The molecule has 0 heterocycles. The Hall–Kier alpha value is -2.00. The van der Waals surface area contributed by atoms with Crippen LogP contribution in [0, 0.1) is 0 Å². The number of benzene rings is 2. The lowest BCUT2D eigenvalue weighted by Gasteiger charge is -2.18. The second-order valence-corrected chi connectivity index (χ2v) is 4.76. The normalized spacial score (nSPS) is 10.2. The molecule has 0 radical (unpaired) electrons. The number of amides is 1. The van der Waals surface area contributed by atoms with Crippen LogP contribution in [0.1, 0.15) is 15.9 Å². The third kappa shape index (κ3) is 3.06. The number of nitrogen functional groups attached to an aromatic ring is 1. The molecule has 2 N–H and O–H groups in total. The molecule has 0 atom stereocenters.